The lowest BCUT2D eigenvalue weighted by Crippen LogP contribution is -2.27. The molecule has 3 heteroatoms. The number of aliphatic carboxylic acids is 1. The fourth-order valence-corrected chi connectivity index (χ4v) is 2.33. The van der Waals surface area contributed by atoms with Gasteiger partial charge in [0.05, 0.1) is 5.92 Å². The van der Waals surface area contributed by atoms with Crippen molar-refractivity contribution >= 4 is 5.97 Å². The predicted octanol–water partition coefficient (Wildman–Crippen LogP) is 2.28. The Morgan fingerprint density at radius 2 is 1.88 bits per heavy atom. The van der Waals surface area contributed by atoms with E-state index in [9.17, 15) is 9.90 Å². The van der Waals surface area contributed by atoms with Crippen LogP contribution >= 0.6 is 0 Å². The molecular formula is C13H16O3. The predicted molar refractivity (Wildman–Crippen MR) is 60.4 cm³/mol. The van der Waals surface area contributed by atoms with Crippen LogP contribution in [0.5, 0.6) is 0 Å². The van der Waals surface area contributed by atoms with Gasteiger partial charge < -0.3 is 9.84 Å². The number of hydrogen-bond donors (Lipinski definition) is 1. The summed E-state index contributed by atoms with van der Waals surface area (Å²) in [5.41, 5.74) is 0.905. The molecule has 0 saturated carbocycles. The molecule has 2 rings (SSSR count). The molecule has 1 N–H and O–H groups in total. The number of carbonyl (C=O) groups is 1. The third-order valence-corrected chi connectivity index (χ3v) is 3.16. The van der Waals surface area contributed by atoms with E-state index in [1.54, 1.807) is 0 Å². The van der Waals surface area contributed by atoms with Crippen LogP contribution < -0.4 is 0 Å². The first-order valence-electron chi connectivity index (χ1n) is 5.64. The minimum atomic E-state index is -0.724. The average Bonchev–Trinajstić information content (AvgIpc) is 2.31. The first-order chi connectivity index (χ1) is 7.79. The first kappa shape index (κ1) is 11.1. The van der Waals surface area contributed by atoms with Gasteiger partial charge in [-0.15, -0.1) is 0 Å². The van der Waals surface area contributed by atoms with Crippen LogP contribution in [0.15, 0.2) is 30.3 Å². The van der Waals surface area contributed by atoms with Crippen molar-refractivity contribution in [1.29, 1.82) is 0 Å². The second-order valence-corrected chi connectivity index (χ2v) is 4.18. The van der Waals surface area contributed by atoms with E-state index in [2.05, 4.69) is 0 Å². The number of carboxylic acid groups (broad SMARTS) is 1. The highest BCUT2D eigenvalue weighted by molar-refractivity contribution is 5.76. The van der Waals surface area contributed by atoms with Gasteiger partial charge >= 0.3 is 5.97 Å². The molecule has 1 fully saturated rings. The fourth-order valence-electron chi connectivity index (χ4n) is 2.33. The van der Waals surface area contributed by atoms with Crippen molar-refractivity contribution in [3.8, 4) is 0 Å². The maximum absolute atomic E-state index is 11.4. The van der Waals surface area contributed by atoms with E-state index < -0.39 is 5.97 Å². The van der Waals surface area contributed by atoms with Crippen molar-refractivity contribution < 1.29 is 14.6 Å². The first-order valence-corrected chi connectivity index (χ1v) is 5.64. The number of ether oxygens (including phenoxy) is 1. The quantitative estimate of drug-likeness (QED) is 0.850. The molecule has 0 bridgehead atoms. The molecular weight excluding hydrogens is 204 g/mol. The van der Waals surface area contributed by atoms with Crippen LogP contribution in [0.3, 0.4) is 0 Å². The number of rotatable bonds is 3. The Bertz CT molecular complexity index is 341. The van der Waals surface area contributed by atoms with Gasteiger partial charge in [0.25, 0.3) is 0 Å². The molecule has 1 aliphatic rings. The Labute approximate surface area is 95.0 Å². The lowest BCUT2D eigenvalue weighted by molar-refractivity contribution is -0.141. The topological polar surface area (TPSA) is 46.5 Å². The van der Waals surface area contributed by atoms with Crippen molar-refractivity contribution in [2.45, 2.75) is 18.8 Å². The zero-order valence-electron chi connectivity index (χ0n) is 9.13. The van der Waals surface area contributed by atoms with Crippen LogP contribution in [-0.2, 0) is 9.53 Å². The number of hydrogen-bond acceptors (Lipinski definition) is 2. The van der Waals surface area contributed by atoms with Crippen LogP contribution in [-0.4, -0.2) is 24.3 Å². The molecule has 16 heavy (non-hydrogen) atoms. The van der Waals surface area contributed by atoms with Gasteiger partial charge in [-0.3, -0.25) is 4.79 Å². The summed E-state index contributed by atoms with van der Waals surface area (Å²) < 4.78 is 5.27. The molecule has 1 unspecified atom stereocenters. The SMILES string of the molecule is O=C(O)C(c1ccccc1)C1CCOCC1. The van der Waals surface area contributed by atoms with Crippen LogP contribution in [0.1, 0.15) is 24.3 Å². The van der Waals surface area contributed by atoms with E-state index in [4.69, 9.17) is 4.74 Å². The standard InChI is InChI=1S/C13H16O3/c14-13(15)12(10-4-2-1-3-5-10)11-6-8-16-9-7-11/h1-5,11-12H,6-9H2,(H,14,15). The van der Waals surface area contributed by atoms with Crippen LogP contribution in [0.2, 0.25) is 0 Å². The Balaban J connectivity index is 2.20. The molecule has 0 amide bonds. The van der Waals surface area contributed by atoms with Crippen LogP contribution in [0, 0.1) is 5.92 Å². The normalized spacial score (nSPS) is 19.2. The molecule has 0 aliphatic carbocycles. The largest absolute Gasteiger partial charge is 0.481 e. The molecule has 1 aromatic rings. The van der Waals surface area contributed by atoms with E-state index in [-0.39, 0.29) is 11.8 Å². The Morgan fingerprint density at radius 3 is 2.44 bits per heavy atom. The zero-order chi connectivity index (χ0) is 11.4. The zero-order valence-corrected chi connectivity index (χ0v) is 9.13. The van der Waals surface area contributed by atoms with Crippen molar-refractivity contribution in [3.63, 3.8) is 0 Å². The molecule has 1 heterocycles. The average molecular weight is 220 g/mol. The van der Waals surface area contributed by atoms with Gasteiger partial charge in [-0.1, -0.05) is 30.3 Å². The highest BCUT2D eigenvalue weighted by Crippen LogP contribution is 2.32. The summed E-state index contributed by atoms with van der Waals surface area (Å²) in [6.07, 6.45) is 1.68. The van der Waals surface area contributed by atoms with Crippen LogP contribution in [0.25, 0.3) is 0 Å². The van der Waals surface area contributed by atoms with Gasteiger partial charge in [-0.2, -0.15) is 0 Å². The molecule has 3 nitrogen and oxygen atoms in total. The lowest BCUT2D eigenvalue weighted by Gasteiger charge is -2.27. The van der Waals surface area contributed by atoms with Gasteiger partial charge in [0, 0.05) is 13.2 Å². The molecule has 0 aromatic heterocycles. The van der Waals surface area contributed by atoms with Crippen molar-refractivity contribution in [2.24, 2.45) is 5.92 Å². The van der Waals surface area contributed by atoms with E-state index in [1.807, 2.05) is 30.3 Å². The van der Waals surface area contributed by atoms with Crippen molar-refractivity contribution in [2.75, 3.05) is 13.2 Å². The van der Waals surface area contributed by atoms with Crippen molar-refractivity contribution in [1.82, 2.24) is 0 Å². The maximum atomic E-state index is 11.4. The third kappa shape index (κ3) is 2.42. The summed E-state index contributed by atoms with van der Waals surface area (Å²) in [5, 5.41) is 9.34. The summed E-state index contributed by atoms with van der Waals surface area (Å²) in [4.78, 5) is 11.4. The van der Waals surface area contributed by atoms with Gasteiger partial charge in [0.2, 0.25) is 0 Å². The highest BCUT2D eigenvalue weighted by atomic mass is 16.5. The molecule has 1 atom stereocenters. The minimum Gasteiger partial charge on any atom is -0.481 e. The second-order valence-electron chi connectivity index (χ2n) is 4.18. The molecule has 0 radical (unpaired) electrons. The molecule has 1 saturated heterocycles. The number of carboxylic acids is 1. The highest BCUT2D eigenvalue weighted by Gasteiger charge is 2.30. The summed E-state index contributed by atoms with van der Waals surface area (Å²) >= 11 is 0. The van der Waals surface area contributed by atoms with Gasteiger partial charge in [0.15, 0.2) is 0 Å². The molecule has 0 spiro atoms. The monoisotopic (exact) mass is 220 g/mol. The Morgan fingerprint density at radius 1 is 1.25 bits per heavy atom. The molecule has 1 aromatic carbocycles. The third-order valence-electron chi connectivity index (χ3n) is 3.16. The minimum absolute atomic E-state index is 0.202. The summed E-state index contributed by atoms with van der Waals surface area (Å²) in [5.74, 6) is -0.906. The van der Waals surface area contributed by atoms with E-state index in [0.717, 1.165) is 18.4 Å². The Kier molecular flexibility index (Phi) is 3.57. The molecule has 1 aliphatic heterocycles. The Hall–Kier alpha value is -1.35. The van der Waals surface area contributed by atoms with Gasteiger partial charge in [0.1, 0.15) is 0 Å². The van der Waals surface area contributed by atoms with E-state index in [1.165, 1.54) is 0 Å². The van der Waals surface area contributed by atoms with Crippen molar-refractivity contribution in [3.05, 3.63) is 35.9 Å². The van der Waals surface area contributed by atoms with Gasteiger partial charge in [-0.05, 0) is 24.3 Å². The van der Waals surface area contributed by atoms with Crippen LogP contribution in [0.4, 0.5) is 0 Å². The van der Waals surface area contributed by atoms with Gasteiger partial charge in [-0.25, -0.2) is 0 Å². The van der Waals surface area contributed by atoms with E-state index in [0.29, 0.717) is 13.2 Å². The lowest BCUT2D eigenvalue weighted by atomic mass is 9.81. The fraction of sp³-hybridized carbons (Fsp3) is 0.462. The summed E-state index contributed by atoms with van der Waals surface area (Å²) in [6, 6.07) is 9.49. The molecule has 86 valence electrons. The van der Waals surface area contributed by atoms with E-state index >= 15 is 0 Å². The number of benzene rings is 1. The maximum Gasteiger partial charge on any atom is 0.311 e. The second kappa shape index (κ2) is 5.12. The smallest absolute Gasteiger partial charge is 0.311 e. The summed E-state index contributed by atoms with van der Waals surface area (Å²) in [6.45, 7) is 1.36. The summed E-state index contributed by atoms with van der Waals surface area (Å²) in [7, 11) is 0.